The molecule has 0 saturated carbocycles. The Bertz CT molecular complexity index is 467. The average molecular weight is 247 g/mol. The van der Waals surface area contributed by atoms with E-state index in [0.717, 1.165) is 11.1 Å². The van der Waals surface area contributed by atoms with E-state index < -0.39 is 0 Å². The molecule has 1 aromatic carbocycles. The van der Waals surface area contributed by atoms with Crippen molar-refractivity contribution in [2.24, 2.45) is 0 Å². The van der Waals surface area contributed by atoms with Gasteiger partial charge in [-0.3, -0.25) is 0 Å². The summed E-state index contributed by atoms with van der Waals surface area (Å²) in [7, 11) is 3.23. The maximum Gasteiger partial charge on any atom is 0.249 e. The van der Waals surface area contributed by atoms with Crippen molar-refractivity contribution >= 4 is 0 Å². The van der Waals surface area contributed by atoms with Gasteiger partial charge in [0.15, 0.2) is 11.5 Å². The fourth-order valence-electron chi connectivity index (χ4n) is 1.81. The van der Waals surface area contributed by atoms with Crippen molar-refractivity contribution in [3.05, 3.63) is 34.7 Å². The second-order valence-corrected chi connectivity index (χ2v) is 5.36. The fraction of sp³-hybridized carbons (Fsp3) is 0.533. The highest BCUT2D eigenvalue weighted by Crippen LogP contribution is 2.40. The molecule has 1 atom stereocenters. The van der Waals surface area contributed by atoms with Gasteiger partial charge in [-0.25, -0.2) is 6.57 Å². The van der Waals surface area contributed by atoms with Gasteiger partial charge in [-0.15, -0.1) is 0 Å². The normalized spacial score (nSPS) is 12.7. The largest absolute Gasteiger partial charge is 0.493 e. The van der Waals surface area contributed by atoms with Crippen molar-refractivity contribution in [1.82, 2.24) is 0 Å². The molecular formula is C15H21NO2. The zero-order chi connectivity index (χ0) is 13.9. The van der Waals surface area contributed by atoms with Gasteiger partial charge in [0.05, 0.1) is 19.8 Å². The maximum absolute atomic E-state index is 7.20. The van der Waals surface area contributed by atoms with Crippen LogP contribution in [-0.2, 0) is 5.41 Å². The molecule has 1 aromatic rings. The third kappa shape index (κ3) is 2.76. The standard InChI is InChI=1S/C15H21NO2/c1-10(16-5)12-8-11(15(2,3)4)9-13(17-6)14(12)18-7/h8-10H,1-4,6-7H3. The molecule has 98 valence electrons. The van der Waals surface area contributed by atoms with Crippen LogP contribution in [-0.4, -0.2) is 14.2 Å². The zero-order valence-electron chi connectivity index (χ0n) is 12.0. The lowest BCUT2D eigenvalue weighted by molar-refractivity contribution is 0.349. The molecule has 0 spiro atoms. The molecule has 0 radical (unpaired) electrons. The molecule has 0 heterocycles. The van der Waals surface area contributed by atoms with Gasteiger partial charge in [0.1, 0.15) is 0 Å². The Labute approximate surface area is 110 Å². The van der Waals surface area contributed by atoms with Crippen molar-refractivity contribution in [3.63, 3.8) is 0 Å². The molecule has 0 amide bonds. The van der Waals surface area contributed by atoms with Gasteiger partial charge < -0.3 is 14.3 Å². The molecule has 0 saturated heterocycles. The van der Waals surface area contributed by atoms with E-state index in [1.165, 1.54) is 0 Å². The third-order valence-electron chi connectivity index (χ3n) is 3.02. The maximum atomic E-state index is 7.20. The molecule has 0 fully saturated rings. The van der Waals surface area contributed by atoms with E-state index in [4.69, 9.17) is 16.0 Å². The van der Waals surface area contributed by atoms with E-state index in [2.05, 4.69) is 25.6 Å². The molecule has 0 N–H and O–H groups in total. The Morgan fingerprint density at radius 3 is 2.17 bits per heavy atom. The van der Waals surface area contributed by atoms with Crippen LogP contribution in [0.4, 0.5) is 0 Å². The van der Waals surface area contributed by atoms with Gasteiger partial charge in [-0.05, 0) is 23.1 Å². The van der Waals surface area contributed by atoms with Crippen LogP contribution >= 0.6 is 0 Å². The van der Waals surface area contributed by atoms with E-state index >= 15 is 0 Å². The predicted molar refractivity (Wildman–Crippen MR) is 73.3 cm³/mol. The summed E-state index contributed by atoms with van der Waals surface area (Å²) in [6.45, 7) is 15.5. The first-order chi connectivity index (χ1) is 8.35. The predicted octanol–water partition coefficient (Wildman–Crippen LogP) is 3.98. The monoisotopic (exact) mass is 247 g/mol. The first-order valence-corrected chi connectivity index (χ1v) is 5.98. The summed E-state index contributed by atoms with van der Waals surface area (Å²) in [5.41, 5.74) is 2.04. The molecule has 3 nitrogen and oxygen atoms in total. The molecule has 1 rings (SSSR count). The van der Waals surface area contributed by atoms with Crippen LogP contribution < -0.4 is 9.47 Å². The smallest absolute Gasteiger partial charge is 0.249 e. The number of hydrogen-bond acceptors (Lipinski definition) is 2. The molecule has 0 aromatic heterocycles. The highest BCUT2D eigenvalue weighted by Gasteiger charge is 2.24. The summed E-state index contributed by atoms with van der Waals surface area (Å²) in [5.74, 6) is 1.35. The molecule has 0 aliphatic carbocycles. The average Bonchev–Trinajstić information content (AvgIpc) is 2.34. The number of hydrogen-bond donors (Lipinski definition) is 0. The minimum Gasteiger partial charge on any atom is -0.493 e. The van der Waals surface area contributed by atoms with Crippen LogP contribution in [0.25, 0.3) is 4.85 Å². The lowest BCUT2D eigenvalue weighted by atomic mass is 9.85. The van der Waals surface area contributed by atoms with Crippen LogP contribution in [0.1, 0.15) is 44.9 Å². The summed E-state index contributed by atoms with van der Waals surface area (Å²) in [6.07, 6.45) is 0. The molecule has 18 heavy (non-hydrogen) atoms. The Morgan fingerprint density at radius 2 is 1.78 bits per heavy atom. The molecular weight excluding hydrogens is 226 g/mol. The minimum atomic E-state index is -0.240. The first kappa shape index (κ1) is 14.4. The number of rotatable bonds is 3. The van der Waals surface area contributed by atoms with Gasteiger partial charge in [-0.2, -0.15) is 0 Å². The zero-order valence-corrected chi connectivity index (χ0v) is 12.0. The highest BCUT2D eigenvalue weighted by atomic mass is 16.5. The van der Waals surface area contributed by atoms with Crippen LogP contribution in [0.5, 0.6) is 11.5 Å². The van der Waals surface area contributed by atoms with E-state index in [0.29, 0.717) is 11.5 Å². The quantitative estimate of drug-likeness (QED) is 0.754. The molecule has 1 unspecified atom stereocenters. The molecule has 0 bridgehead atoms. The fourth-order valence-corrected chi connectivity index (χ4v) is 1.81. The molecule has 0 aliphatic rings. The van der Waals surface area contributed by atoms with Gasteiger partial charge in [0.25, 0.3) is 0 Å². The van der Waals surface area contributed by atoms with Crippen LogP contribution in [0.3, 0.4) is 0 Å². The second-order valence-electron chi connectivity index (χ2n) is 5.36. The topological polar surface area (TPSA) is 22.8 Å². The Hall–Kier alpha value is -1.69. The van der Waals surface area contributed by atoms with E-state index in [9.17, 15) is 0 Å². The summed E-state index contributed by atoms with van der Waals surface area (Å²) < 4.78 is 10.8. The van der Waals surface area contributed by atoms with Crippen molar-refractivity contribution in [3.8, 4) is 11.5 Å². The van der Waals surface area contributed by atoms with Crippen LogP contribution in [0.2, 0.25) is 0 Å². The van der Waals surface area contributed by atoms with Crippen LogP contribution in [0, 0.1) is 6.57 Å². The number of benzene rings is 1. The van der Waals surface area contributed by atoms with Crippen LogP contribution in [0.15, 0.2) is 12.1 Å². The van der Waals surface area contributed by atoms with Crippen molar-refractivity contribution in [1.29, 1.82) is 0 Å². The van der Waals surface area contributed by atoms with Gasteiger partial charge in [0, 0.05) is 6.92 Å². The summed E-state index contributed by atoms with van der Waals surface area (Å²) in [5, 5.41) is 0. The Balaban J connectivity index is 3.52. The minimum absolute atomic E-state index is 0.00997. The van der Waals surface area contributed by atoms with Gasteiger partial charge >= 0.3 is 0 Å². The second kappa shape index (κ2) is 5.30. The lowest BCUT2D eigenvalue weighted by Gasteiger charge is -2.22. The first-order valence-electron chi connectivity index (χ1n) is 5.98. The Morgan fingerprint density at radius 1 is 1.17 bits per heavy atom. The third-order valence-corrected chi connectivity index (χ3v) is 3.02. The van der Waals surface area contributed by atoms with Crippen molar-refractivity contribution in [2.75, 3.05) is 14.2 Å². The van der Waals surface area contributed by atoms with Gasteiger partial charge in [-0.1, -0.05) is 20.8 Å². The van der Waals surface area contributed by atoms with E-state index in [1.807, 2.05) is 19.1 Å². The van der Waals surface area contributed by atoms with E-state index in [-0.39, 0.29) is 11.5 Å². The van der Waals surface area contributed by atoms with E-state index in [1.54, 1.807) is 14.2 Å². The number of nitrogens with zero attached hydrogens (tertiary/aromatic N) is 1. The van der Waals surface area contributed by atoms with Crippen molar-refractivity contribution in [2.45, 2.75) is 39.2 Å². The highest BCUT2D eigenvalue weighted by molar-refractivity contribution is 5.52. The van der Waals surface area contributed by atoms with Gasteiger partial charge in [0.2, 0.25) is 6.04 Å². The number of methoxy groups -OCH3 is 2. The lowest BCUT2D eigenvalue weighted by Crippen LogP contribution is -2.12. The number of ether oxygens (including phenoxy) is 2. The summed E-state index contributed by atoms with van der Waals surface area (Å²) in [6, 6.07) is 3.79. The SMILES string of the molecule is [C-]#[N+]C(C)c1cc(C(C)(C)C)cc(OC)c1OC. The molecule has 0 aliphatic heterocycles. The summed E-state index contributed by atoms with van der Waals surface area (Å²) >= 11 is 0. The Kier molecular flexibility index (Phi) is 4.24. The van der Waals surface area contributed by atoms with Crippen molar-refractivity contribution < 1.29 is 9.47 Å². The molecule has 3 heteroatoms. The summed E-state index contributed by atoms with van der Waals surface area (Å²) in [4.78, 5) is 3.58.